The lowest BCUT2D eigenvalue weighted by Crippen LogP contribution is -2.60. The summed E-state index contributed by atoms with van der Waals surface area (Å²) in [6.07, 6.45) is 10.8. The maximum absolute atomic E-state index is 6.22. The topological polar surface area (TPSA) is 12.0 Å². The normalized spacial score (nSPS) is 34.1. The molecule has 0 aliphatic heterocycles. The van der Waals surface area contributed by atoms with E-state index in [1.54, 1.807) is 5.56 Å². The number of hydrogen-bond donors (Lipinski definition) is 1. The molecule has 2 heteroatoms. The molecule has 4 aliphatic rings. The number of rotatable bonds is 7. The summed E-state index contributed by atoms with van der Waals surface area (Å²) >= 11 is 6.22. The van der Waals surface area contributed by atoms with Gasteiger partial charge in [-0.2, -0.15) is 0 Å². The van der Waals surface area contributed by atoms with E-state index in [0.29, 0.717) is 22.9 Å². The van der Waals surface area contributed by atoms with E-state index < -0.39 is 0 Å². The van der Waals surface area contributed by atoms with Crippen LogP contribution >= 0.6 is 11.6 Å². The van der Waals surface area contributed by atoms with Gasteiger partial charge in [-0.3, -0.25) is 0 Å². The summed E-state index contributed by atoms with van der Waals surface area (Å²) in [5.41, 5.74) is 3.85. The molecule has 0 aromatic heterocycles. The Morgan fingerprint density at radius 2 is 1.60 bits per heavy atom. The van der Waals surface area contributed by atoms with Crippen molar-refractivity contribution < 1.29 is 0 Å². The molecule has 1 N–H and O–H groups in total. The first-order valence-electron chi connectivity index (χ1n) is 12.0. The zero-order valence-electron chi connectivity index (χ0n) is 18.5. The predicted molar refractivity (Wildman–Crippen MR) is 127 cm³/mol. The van der Waals surface area contributed by atoms with Crippen LogP contribution in [0, 0.1) is 17.3 Å². The first-order valence-corrected chi connectivity index (χ1v) is 12.4. The molecule has 0 amide bonds. The van der Waals surface area contributed by atoms with Gasteiger partial charge in [-0.05, 0) is 111 Å². The van der Waals surface area contributed by atoms with Crippen LogP contribution < -0.4 is 5.32 Å². The summed E-state index contributed by atoms with van der Waals surface area (Å²) in [4.78, 5) is 0. The molecule has 1 nitrogen and oxygen atoms in total. The van der Waals surface area contributed by atoms with E-state index in [1.807, 2.05) is 0 Å². The Hall–Kier alpha value is -1.31. The number of hydrogen-bond acceptors (Lipinski definition) is 1. The van der Waals surface area contributed by atoms with Gasteiger partial charge in [0.05, 0.1) is 0 Å². The monoisotopic (exact) mass is 421 g/mol. The summed E-state index contributed by atoms with van der Waals surface area (Å²) in [7, 11) is 0. The van der Waals surface area contributed by atoms with Crippen LogP contribution in [0.4, 0.5) is 0 Å². The lowest BCUT2D eigenvalue weighted by molar-refractivity contribution is -0.0894. The van der Waals surface area contributed by atoms with Gasteiger partial charge < -0.3 is 5.32 Å². The summed E-state index contributed by atoms with van der Waals surface area (Å²) in [6.45, 7) is 4.87. The summed E-state index contributed by atoms with van der Waals surface area (Å²) < 4.78 is 0. The van der Waals surface area contributed by atoms with Gasteiger partial charge in [-0.25, -0.2) is 0 Å². The van der Waals surface area contributed by atoms with E-state index in [2.05, 4.69) is 73.8 Å². The Balaban J connectivity index is 1.30. The van der Waals surface area contributed by atoms with Crippen LogP contribution in [0.25, 0.3) is 0 Å². The minimum absolute atomic E-state index is 0.387. The SMILES string of the molecule is C[C@H](CCc1ccccc1)N[C@H](C)C12C[C@@H]3C[C@H](CC(c4ccc(Cl)cc4)(C3)C1)C2. The molecule has 30 heavy (non-hydrogen) atoms. The van der Waals surface area contributed by atoms with Crippen molar-refractivity contribution >= 4 is 11.6 Å². The molecule has 0 radical (unpaired) electrons. The summed E-state index contributed by atoms with van der Waals surface area (Å²) in [5, 5.41) is 4.93. The van der Waals surface area contributed by atoms with Crippen molar-refractivity contribution in [2.24, 2.45) is 17.3 Å². The minimum atomic E-state index is 0.387. The highest BCUT2D eigenvalue weighted by atomic mass is 35.5. The Morgan fingerprint density at radius 3 is 2.27 bits per heavy atom. The zero-order chi connectivity index (χ0) is 20.8. The average Bonchev–Trinajstić information content (AvgIpc) is 2.72. The molecule has 160 valence electrons. The van der Waals surface area contributed by atoms with Crippen LogP contribution in [0.1, 0.15) is 69.9 Å². The molecule has 4 fully saturated rings. The van der Waals surface area contributed by atoms with E-state index >= 15 is 0 Å². The highest BCUT2D eigenvalue weighted by Crippen LogP contribution is 2.66. The van der Waals surface area contributed by atoms with Crippen molar-refractivity contribution in [2.75, 3.05) is 0 Å². The largest absolute Gasteiger partial charge is 0.311 e. The van der Waals surface area contributed by atoms with Crippen molar-refractivity contribution in [3.05, 3.63) is 70.7 Å². The Labute approximate surface area is 187 Å². The van der Waals surface area contributed by atoms with Crippen molar-refractivity contribution in [3.63, 3.8) is 0 Å². The highest BCUT2D eigenvalue weighted by molar-refractivity contribution is 6.30. The molecule has 2 aromatic carbocycles. The second-order valence-electron chi connectivity index (χ2n) is 10.9. The lowest BCUT2D eigenvalue weighted by Gasteiger charge is -2.64. The molecule has 2 aromatic rings. The maximum atomic E-state index is 6.22. The van der Waals surface area contributed by atoms with E-state index in [0.717, 1.165) is 23.3 Å². The van der Waals surface area contributed by atoms with Gasteiger partial charge in [0, 0.05) is 17.1 Å². The van der Waals surface area contributed by atoms with Crippen LogP contribution in [0.5, 0.6) is 0 Å². The number of aryl methyl sites for hydroxylation is 1. The molecule has 0 heterocycles. The molecule has 0 unspecified atom stereocenters. The molecule has 4 saturated carbocycles. The van der Waals surface area contributed by atoms with E-state index in [9.17, 15) is 0 Å². The Morgan fingerprint density at radius 1 is 0.933 bits per heavy atom. The smallest absolute Gasteiger partial charge is 0.0406 e. The fourth-order valence-corrected chi connectivity index (χ4v) is 7.82. The van der Waals surface area contributed by atoms with Crippen molar-refractivity contribution in [3.8, 4) is 0 Å². The second kappa shape index (κ2) is 7.99. The molecule has 4 bridgehead atoms. The van der Waals surface area contributed by atoms with Crippen molar-refractivity contribution in [1.29, 1.82) is 0 Å². The molecule has 4 atom stereocenters. The maximum Gasteiger partial charge on any atom is 0.0406 e. The third-order valence-corrected chi connectivity index (χ3v) is 8.98. The Kier molecular flexibility index (Phi) is 5.48. The molecular formula is C28H36ClN. The van der Waals surface area contributed by atoms with Crippen LogP contribution in [0.15, 0.2) is 54.6 Å². The molecule has 0 saturated heterocycles. The van der Waals surface area contributed by atoms with Crippen LogP contribution in [-0.4, -0.2) is 12.1 Å². The standard InChI is InChI=1S/C28H36ClN/c1-20(8-9-22-6-4-3-5-7-22)30-21(2)27-15-23-14-24(16-27)18-28(17-23,19-27)25-10-12-26(29)13-11-25/h3-7,10-13,20-21,23-24,30H,8-9,14-19H2,1-2H3/t20-,21-,23+,24+,27?,28?/m1/s1. The van der Waals surface area contributed by atoms with Gasteiger partial charge in [-0.15, -0.1) is 0 Å². The number of halogens is 1. The first kappa shape index (κ1) is 20.6. The summed E-state index contributed by atoms with van der Waals surface area (Å²) in [5.74, 6) is 1.82. The third kappa shape index (κ3) is 3.84. The van der Waals surface area contributed by atoms with Gasteiger partial charge in [0.2, 0.25) is 0 Å². The van der Waals surface area contributed by atoms with Crippen molar-refractivity contribution in [1.82, 2.24) is 5.32 Å². The second-order valence-corrected chi connectivity index (χ2v) is 11.4. The van der Waals surface area contributed by atoms with E-state index in [-0.39, 0.29) is 0 Å². The van der Waals surface area contributed by atoms with Gasteiger partial charge in [0.1, 0.15) is 0 Å². The van der Waals surface area contributed by atoms with Crippen LogP contribution in [-0.2, 0) is 11.8 Å². The first-order chi connectivity index (χ1) is 14.5. The van der Waals surface area contributed by atoms with Crippen LogP contribution in [0.3, 0.4) is 0 Å². The number of nitrogens with one attached hydrogen (secondary N) is 1. The van der Waals surface area contributed by atoms with Gasteiger partial charge >= 0.3 is 0 Å². The molecule has 4 aliphatic carbocycles. The predicted octanol–water partition coefficient (Wildman–Crippen LogP) is 7.18. The van der Waals surface area contributed by atoms with E-state index in [1.165, 1.54) is 50.5 Å². The number of benzene rings is 2. The fourth-order valence-electron chi connectivity index (χ4n) is 7.70. The van der Waals surface area contributed by atoms with Gasteiger partial charge in [0.15, 0.2) is 0 Å². The van der Waals surface area contributed by atoms with Crippen molar-refractivity contribution in [2.45, 2.75) is 82.7 Å². The molecule has 0 spiro atoms. The minimum Gasteiger partial charge on any atom is -0.311 e. The van der Waals surface area contributed by atoms with Gasteiger partial charge in [-0.1, -0.05) is 54.1 Å². The highest BCUT2D eigenvalue weighted by Gasteiger charge is 2.59. The Bertz CT molecular complexity index is 844. The lowest BCUT2D eigenvalue weighted by atomic mass is 9.41. The quantitative estimate of drug-likeness (QED) is 0.499. The zero-order valence-corrected chi connectivity index (χ0v) is 19.3. The molecule has 6 rings (SSSR count). The molecular weight excluding hydrogens is 386 g/mol. The fraction of sp³-hybridized carbons (Fsp3) is 0.571. The average molecular weight is 422 g/mol. The van der Waals surface area contributed by atoms with E-state index in [4.69, 9.17) is 11.6 Å². The van der Waals surface area contributed by atoms with Gasteiger partial charge in [0.25, 0.3) is 0 Å². The van der Waals surface area contributed by atoms with Crippen LogP contribution in [0.2, 0.25) is 5.02 Å². The summed E-state index contributed by atoms with van der Waals surface area (Å²) in [6, 6.07) is 20.9. The third-order valence-electron chi connectivity index (χ3n) is 8.72.